The first kappa shape index (κ1) is 12.6. The van der Waals surface area contributed by atoms with Gasteiger partial charge in [-0.1, -0.05) is 54.1 Å². The zero-order chi connectivity index (χ0) is 13.9. The summed E-state index contributed by atoms with van der Waals surface area (Å²) in [4.78, 5) is 11.9. The van der Waals surface area contributed by atoms with Crippen LogP contribution in [0.4, 0.5) is 5.69 Å². The van der Waals surface area contributed by atoms with Gasteiger partial charge in [-0.2, -0.15) is 0 Å². The molecule has 1 N–H and O–H groups in total. The first-order valence-electron chi connectivity index (χ1n) is 6.03. The highest BCUT2D eigenvalue weighted by atomic mass is 35.5. The normalized spacial score (nSPS) is 13.9. The van der Waals surface area contributed by atoms with Crippen LogP contribution in [-0.4, -0.2) is 5.91 Å². The molecule has 0 unspecified atom stereocenters. The first-order chi connectivity index (χ1) is 9.75. The molecule has 0 aliphatic carbocycles. The zero-order valence-electron chi connectivity index (χ0n) is 10.4. The smallest absolute Gasteiger partial charge is 0.299 e. The monoisotopic (exact) mass is 283 g/mol. The van der Waals surface area contributed by atoms with Crippen LogP contribution in [0, 0.1) is 0 Å². The Kier molecular flexibility index (Phi) is 3.31. The second-order valence-corrected chi connectivity index (χ2v) is 4.61. The minimum Gasteiger partial charge on any atom is -0.337 e. The molecule has 0 radical (unpaired) electrons. The Labute approximate surface area is 120 Å². The van der Waals surface area contributed by atoms with Crippen molar-refractivity contribution in [3.63, 3.8) is 0 Å². The molecular weight excluding hydrogens is 274 g/mol. The highest BCUT2D eigenvalue weighted by molar-refractivity contribution is 6.33. The van der Waals surface area contributed by atoms with Crippen molar-refractivity contribution >= 4 is 28.8 Å². The maximum atomic E-state index is 11.9. The number of azo groups is 1. The average molecular weight is 284 g/mol. The van der Waals surface area contributed by atoms with E-state index in [-0.39, 0.29) is 5.91 Å². The Bertz CT molecular complexity index is 723. The number of carbonyl (C=O) groups excluding carboxylic acids is 1. The molecule has 0 aromatic heterocycles. The van der Waals surface area contributed by atoms with E-state index in [0.29, 0.717) is 22.1 Å². The summed E-state index contributed by atoms with van der Waals surface area (Å²) in [6.45, 7) is 0. The third-order valence-corrected chi connectivity index (χ3v) is 3.21. The predicted molar refractivity (Wildman–Crippen MR) is 78.3 cm³/mol. The van der Waals surface area contributed by atoms with Crippen LogP contribution in [-0.2, 0) is 4.79 Å². The van der Waals surface area contributed by atoms with Gasteiger partial charge in [0.05, 0.1) is 16.3 Å². The zero-order valence-corrected chi connectivity index (χ0v) is 11.1. The molecule has 0 saturated carbocycles. The van der Waals surface area contributed by atoms with Crippen LogP contribution < -0.4 is 5.32 Å². The molecule has 2 aromatic rings. The SMILES string of the molecule is O=C1N=NC(Nc2ccccc2Cl)=C1c1ccccc1. The maximum Gasteiger partial charge on any atom is 0.299 e. The van der Waals surface area contributed by atoms with Crippen molar-refractivity contribution in [2.45, 2.75) is 0 Å². The van der Waals surface area contributed by atoms with Gasteiger partial charge in [0.25, 0.3) is 5.91 Å². The Balaban J connectivity index is 2.02. The number of carbonyl (C=O) groups is 1. The molecule has 0 saturated heterocycles. The summed E-state index contributed by atoms with van der Waals surface area (Å²) in [5.41, 5.74) is 1.91. The standard InChI is InChI=1S/C15H10ClN3O/c16-11-8-4-5-9-12(11)17-14-13(15(20)19-18-14)10-6-2-1-3-7-10/h1-9,17H. The summed E-state index contributed by atoms with van der Waals surface area (Å²) >= 11 is 6.09. The third-order valence-electron chi connectivity index (χ3n) is 2.88. The van der Waals surface area contributed by atoms with Crippen LogP contribution in [0.3, 0.4) is 0 Å². The summed E-state index contributed by atoms with van der Waals surface area (Å²) in [6.07, 6.45) is 0. The Morgan fingerprint density at radius 2 is 1.60 bits per heavy atom. The van der Waals surface area contributed by atoms with E-state index in [1.54, 1.807) is 6.07 Å². The Hall–Kier alpha value is -2.46. The molecule has 1 aliphatic heterocycles. The molecule has 1 heterocycles. The Morgan fingerprint density at radius 1 is 0.900 bits per heavy atom. The van der Waals surface area contributed by atoms with E-state index in [4.69, 9.17) is 11.6 Å². The van der Waals surface area contributed by atoms with Crippen LogP contribution in [0.5, 0.6) is 0 Å². The molecule has 4 nitrogen and oxygen atoms in total. The van der Waals surface area contributed by atoms with Crippen molar-refractivity contribution in [1.82, 2.24) is 0 Å². The fourth-order valence-electron chi connectivity index (χ4n) is 1.94. The van der Waals surface area contributed by atoms with Gasteiger partial charge in [-0.15, -0.1) is 10.2 Å². The van der Waals surface area contributed by atoms with Gasteiger partial charge >= 0.3 is 0 Å². The molecule has 20 heavy (non-hydrogen) atoms. The van der Waals surface area contributed by atoms with E-state index >= 15 is 0 Å². The quantitative estimate of drug-likeness (QED) is 0.921. The second-order valence-electron chi connectivity index (χ2n) is 4.20. The van der Waals surface area contributed by atoms with E-state index in [1.165, 1.54) is 0 Å². The number of nitrogens with one attached hydrogen (secondary N) is 1. The topological polar surface area (TPSA) is 53.8 Å². The molecule has 0 bridgehead atoms. The van der Waals surface area contributed by atoms with E-state index in [0.717, 1.165) is 5.56 Å². The van der Waals surface area contributed by atoms with E-state index in [9.17, 15) is 4.79 Å². The van der Waals surface area contributed by atoms with Crippen LogP contribution in [0.2, 0.25) is 5.02 Å². The highest BCUT2D eigenvalue weighted by Crippen LogP contribution is 2.30. The van der Waals surface area contributed by atoms with Crippen LogP contribution in [0.15, 0.2) is 70.6 Å². The summed E-state index contributed by atoms with van der Waals surface area (Å²) in [6, 6.07) is 16.6. The molecule has 2 aromatic carbocycles. The summed E-state index contributed by atoms with van der Waals surface area (Å²) in [5, 5.41) is 11.1. The number of hydrogen-bond acceptors (Lipinski definition) is 3. The summed E-state index contributed by atoms with van der Waals surface area (Å²) in [7, 11) is 0. The molecule has 0 fully saturated rings. The summed E-state index contributed by atoms with van der Waals surface area (Å²) < 4.78 is 0. The minimum atomic E-state index is -0.356. The largest absolute Gasteiger partial charge is 0.337 e. The van der Waals surface area contributed by atoms with E-state index in [1.807, 2.05) is 48.5 Å². The van der Waals surface area contributed by atoms with E-state index in [2.05, 4.69) is 15.5 Å². The van der Waals surface area contributed by atoms with Crippen LogP contribution in [0.25, 0.3) is 5.57 Å². The third kappa shape index (κ3) is 2.33. The first-order valence-corrected chi connectivity index (χ1v) is 6.41. The number of amides is 1. The lowest BCUT2D eigenvalue weighted by Gasteiger charge is -2.08. The molecule has 0 spiro atoms. The van der Waals surface area contributed by atoms with Gasteiger partial charge in [0.2, 0.25) is 0 Å². The van der Waals surface area contributed by atoms with Gasteiger partial charge in [0, 0.05) is 0 Å². The molecule has 3 rings (SSSR count). The van der Waals surface area contributed by atoms with Crippen LogP contribution in [0.1, 0.15) is 5.56 Å². The molecular formula is C15H10ClN3O. The van der Waals surface area contributed by atoms with Gasteiger partial charge in [-0.25, -0.2) is 0 Å². The van der Waals surface area contributed by atoms with E-state index < -0.39 is 0 Å². The maximum absolute atomic E-state index is 11.9. The number of benzene rings is 2. The predicted octanol–water partition coefficient (Wildman–Crippen LogP) is 4.11. The molecule has 1 amide bonds. The fraction of sp³-hybridized carbons (Fsp3) is 0. The lowest BCUT2D eigenvalue weighted by molar-refractivity contribution is -0.112. The van der Waals surface area contributed by atoms with Crippen molar-refractivity contribution in [2.24, 2.45) is 10.2 Å². The van der Waals surface area contributed by atoms with Gasteiger partial charge in [-0.05, 0) is 17.7 Å². The van der Waals surface area contributed by atoms with Crippen molar-refractivity contribution < 1.29 is 4.79 Å². The number of hydrogen-bond donors (Lipinski definition) is 1. The number of anilines is 1. The van der Waals surface area contributed by atoms with Crippen LogP contribution >= 0.6 is 11.6 Å². The number of nitrogens with zero attached hydrogens (tertiary/aromatic N) is 2. The number of rotatable bonds is 3. The van der Waals surface area contributed by atoms with Gasteiger partial charge in [0.15, 0.2) is 5.82 Å². The molecule has 5 heteroatoms. The Morgan fingerprint density at radius 3 is 2.35 bits per heavy atom. The highest BCUT2D eigenvalue weighted by Gasteiger charge is 2.23. The van der Waals surface area contributed by atoms with Crippen molar-refractivity contribution in [2.75, 3.05) is 5.32 Å². The van der Waals surface area contributed by atoms with Gasteiger partial charge in [0.1, 0.15) is 0 Å². The number of para-hydroxylation sites is 1. The second kappa shape index (κ2) is 5.27. The van der Waals surface area contributed by atoms with Crippen molar-refractivity contribution in [1.29, 1.82) is 0 Å². The summed E-state index contributed by atoms with van der Waals surface area (Å²) in [5.74, 6) is 0.0556. The van der Waals surface area contributed by atoms with Gasteiger partial charge < -0.3 is 5.32 Å². The molecule has 1 aliphatic rings. The van der Waals surface area contributed by atoms with Crippen molar-refractivity contribution in [3.05, 3.63) is 71.0 Å². The van der Waals surface area contributed by atoms with Gasteiger partial charge in [-0.3, -0.25) is 4.79 Å². The lowest BCUT2D eigenvalue weighted by Crippen LogP contribution is -2.02. The van der Waals surface area contributed by atoms with Crippen molar-refractivity contribution in [3.8, 4) is 0 Å². The minimum absolute atomic E-state index is 0.356. The molecule has 0 atom stereocenters. The molecule has 98 valence electrons. The average Bonchev–Trinajstić information content (AvgIpc) is 2.83. The lowest BCUT2D eigenvalue weighted by atomic mass is 10.1. The fourth-order valence-corrected chi connectivity index (χ4v) is 2.12. The number of halogens is 1.